The molecule has 0 aromatic heterocycles. The second kappa shape index (κ2) is 7.98. The summed E-state index contributed by atoms with van der Waals surface area (Å²) in [7, 11) is 3.33. The maximum atomic E-state index is 12.8. The van der Waals surface area contributed by atoms with E-state index in [9.17, 15) is 18.0 Å². The lowest BCUT2D eigenvalue weighted by Gasteiger charge is -2.35. The molecule has 3 aromatic rings. The first-order valence-electron chi connectivity index (χ1n) is 9.72. The molecule has 0 fully saturated rings. The average molecular weight is 426 g/mol. The molecule has 160 valence electrons. The minimum atomic E-state index is -4.36. The summed E-state index contributed by atoms with van der Waals surface area (Å²) in [6.07, 6.45) is -4.36. The summed E-state index contributed by atoms with van der Waals surface area (Å²) in [4.78, 5) is 16.2. The van der Waals surface area contributed by atoms with E-state index in [0.29, 0.717) is 18.7 Å². The van der Waals surface area contributed by atoms with Gasteiger partial charge in [0.25, 0.3) is 0 Å². The molecule has 0 radical (unpaired) electrons. The Morgan fingerprint density at radius 2 is 1.58 bits per heavy atom. The Kier molecular flexibility index (Phi) is 5.35. The lowest BCUT2D eigenvalue weighted by atomic mass is 9.98. The van der Waals surface area contributed by atoms with Crippen molar-refractivity contribution in [3.63, 3.8) is 0 Å². The van der Waals surface area contributed by atoms with Crippen LogP contribution >= 0.6 is 0 Å². The summed E-state index contributed by atoms with van der Waals surface area (Å²) in [5.74, 6) is 0.743. The molecular weight excluding hydrogens is 405 g/mol. The number of hydrogen-bond donors (Lipinski definition) is 0. The largest absolute Gasteiger partial charge is 0.497 e. The molecule has 31 heavy (non-hydrogen) atoms. The highest BCUT2D eigenvalue weighted by molar-refractivity contribution is 5.95. The highest BCUT2D eigenvalue weighted by Gasteiger charge is 2.30. The van der Waals surface area contributed by atoms with Crippen molar-refractivity contribution in [1.82, 2.24) is 4.90 Å². The average Bonchev–Trinajstić information content (AvgIpc) is 2.76. The monoisotopic (exact) mass is 426 g/mol. The first kappa shape index (κ1) is 20.8. The van der Waals surface area contributed by atoms with Gasteiger partial charge in [-0.25, -0.2) is 4.79 Å². The number of halogens is 3. The first-order chi connectivity index (χ1) is 14.8. The third kappa shape index (κ3) is 4.21. The van der Waals surface area contributed by atoms with Crippen LogP contribution in [-0.4, -0.2) is 25.1 Å². The van der Waals surface area contributed by atoms with Crippen molar-refractivity contribution in [3.05, 3.63) is 83.4 Å². The van der Waals surface area contributed by atoms with Gasteiger partial charge in [-0.3, -0.25) is 4.90 Å². The minimum absolute atomic E-state index is 0.106. The molecule has 4 rings (SSSR count). The molecular formula is C24H21F3N2O2. The Morgan fingerprint density at radius 3 is 2.19 bits per heavy atom. The molecule has 0 atom stereocenters. The van der Waals surface area contributed by atoms with E-state index in [1.54, 1.807) is 24.0 Å². The number of nitrogens with zero attached hydrogens (tertiary/aromatic N) is 2. The Morgan fingerprint density at radius 1 is 0.935 bits per heavy atom. The molecule has 0 unspecified atom stereocenters. The molecule has 0 spiro atoms. The van der Waals surface area contributed by atoms with E-state index in [4.69, 9.17) is 4.74 Å². The van der Waals surface area contributed by atoms with Gasteiger partial charge in [0.2, 0.25) is 0 Å². The normalized spacial score (nSPS) is 13.9. The van der Waals surface area contributed by atoms with E-state index in [-0.39, 0.29) is 6.03 Å². The zero-order valence-corrected chi connectivity index (χ0v) is 17.1. The van der Waals surface area contributed by atoms with Gasteiger partial charge >= 0.3 is 12.2 Å². The van der Waals surface area contributed by atoms with Gasteiger partial charge in [-0.05, 0) is 58.7 Å². The molecule has 0 saturated carbocycles. The molecule has 1 aliphatic heterocycles. The zero-order valence-electron chi connectivity index (χ0n) is 17.1. The molecule has 1 heterocycles. The van der Waals surface area contributed by atoms with Crippen LogP contribution in [0.1, 0.15) is 16.7 Å². The second-order valence-corrected chi connectivity index (χ2v) is 7.49. The number of hydrogen-bond acceptors (Lipinski definition) is 2. The highest BCUT2D eigenvalue weighted by atomic mass is 19.4. The number of fused-ring (bicyclic) bond motifs is 1. The number of amides is 2. The topological polar surface area (TPSA) is 32.8 Å². The maximum Gasteiger partial charge on any atom is 0.416 e. The van der Waals surface area contributed by atoms with Gasteiger partial charge in [-0.1, -0.05) is 30.3 Å². The highest BCUT2D eigenvalue weighted by Crippen LogP contribution is 2.35. The summed E-state index contributed by atoms with van der Waals surface area (Å²) in [6, 6.07) is 18.2. The minimum Gasteiger partial charge on any atom is -0.497 e. The second-order valence-electron chi connectivity index (χ2n) is 7.49. The van der Waals surface area contributed by atoms with Gasteiger partial charge in [0, 0.05) is 13.6 Å². The fraction of sp³-hybridized carbons (Fsp3) is 0.208. The lowest BCUT2D eigenvalue weighted by Crippen LogP contribution is -2.44. The van der Waals surface area contributed by atoms with E-state index in [0.717, 1.165) is 40.3 Å². The fourth-order valence-electron chi connectivity index (χ4n) is 3.71. The van der Waals surface area contributed by atoms with Gasteiger partial charge in [0.05, 0.1) is 24.9 Å². The molecule has 0 saturated heterocycles. The van der Waals surface area contributed by atoms with E-state index in [1.165, 1.54) is 12.1 Å². The molecule has 0 N–H and O–H groups in total. The number of benzene rings is 3. The van der Waals surface area contributed by atoms with Crippen LogP contribution in [0.25, 0.3) is 11.1 Å². The van der Waals surface area contributed by atoms with Crippen molar-refractivity contribution in [2.45, 2.75) is 19.3 Å². The van der Waals surface area contributed by atoms with Crippen LogP contribution in [0.2, 0.25) is 0 Å². The molecule has 0 bridgehead atoms. The van der Waals surface area contributed by atoms with E-state index in [1.807, 2.05) is 42.5 Å². The van der Waals surface area contributed by atoms with Crippen molar-refractivity contribution in [2.75, 3.05) is 19.1 Å². The van der Waals surface area contributed by atoms with Crippen molar-refractivity contribution in [3.8, 4) is 16.9 Å². The summed E-state index contributed by atoms with van der Waals surface area (Å²) in [6.45, 7) is 0.835. The van der Waals surface area contributed by atoms with Crippen LogP contribution < -0.4 is 9.64 Å². The predicted octanol–water partition coefficient (Wildman–Crippen LogP) is 5.95. The van der Waals surface area contributed by atoms with Gasteiger partial charge in [0.15, 0.2) is 0 Å². The Bertz CT molecular complexity index is 1090. The van der Waals surface area contributed by atoms with Gasteiger partial charge in [-0.15, -0.1) is 0 Å². The van der Waals surface area contributed by atoms with Crippen molar-refractivity contribution in [1.29, 1.82) is 0 Å². The van der Waals surface area contributed by atoms with Crippen LogP contribution in [0.15, 0.2) is 66.7 Å². The summed E-state index contributed by atoms with van der Waals surface area (Å²) < 4.78 is 43.7. The SMILES string of the molecule is COc1ccc(CN2C(=O)N(C)Cc3cc(-c4ccc(C(F)(F)F)cc4)ccc32)cc1. The van der Waals surface area contributed by atoms with Gasteiger partial charge in [-0.2, -0.15) is 13.2 Å². The molecule has 2 amide bonds. The van der Waals surface area contributed by atoms with Crippen LogP contribution in [0.5, 0.6) is 5.75 Å². The third-order valence-electron chi connectivity index (χ3n) is 5.38. The molecule has 7 heteroatoms. The summed E-state index contributed by atoms with van der Waals surface area (Å²) in [5.41, 5.74) is 3.52. The van der Waals surface area contributed by atoms with Crippen molar-refractivity contribution >= 4 is 11.7 Å². The quantitative estimate of drug-likeness (QED) is 0.516. The Labute approximate surface area is 178 Å². The van der Waals surface area contributed by atoms with Crippen molar-refractivity contribution < 1.29 is 22.7 Å². The van der Waals surface area contributed by atoms with E-state index < -0.39 is 11.7 Å². The molecule has 4 nitrogen and oxygen atoms in total. The number of urea groups is 1. The van der Waals surface area contributed by atoms with Crippen LogP contribution in [0, 0.1) is 0 Å². The summed E-state index contributed by atoms with van der Waals surface area (Å²) in [5, 5.41) is 0. The Hall–Kier alpha value is -3.48. The number of rotatable bonds is 4. The number of anilines is 1. The molecule has 1 aliphatic rings. The van der Waals surface area contributed by atoms with Crippen LogP contribution in [-0.2, 0) is 19.3 Å². The lowest BCUT2D eigenvalue weighted by molar-refractivity contribution is -0.137. The predicted molar refractivity (Wildman–Crippen MR) is 113 cm³/mol. The number of ether oxygens (including phenoxy) is 1. The maximum absolute atomic E-state index is 12.8. The number of alkyl halides is 3. The third-order valence-corrected chi connectivity index (χ3v) is 5.38. The van der Waals surface area contributed by atoms with Gasteiger partial charge < -0.3 is 9.64 Å². The van der Waals surface area contributed by atoms with E-state index in [2.05, 4.69) is 0 Å². The first-order valence-corrected chi connectivity index (χ1v) is 9.72. The van der Waals surface area contributed by atoms with Crippen molar-refractivity contribution in [2.24, 2.45) is 0 Å². The van der Waals surface area contributed by atoms with Crippen LogP contribution in [0.4, 0.5) is 23.7 Å². The zero-order chi connectivity index (χ0) is 22.2. The number of methoxy groups -OCH3 is 1. The van der Waals surface area contributed by atoms with E-state index >= 15 is 0 Å². The Balaban J connectivity index is 1.64. The van der Waals surface area contributed by atoms with Crippen LogP contribution in [0.3, 0.4) is 0 Å². The fourth-order valence-corrected chi connectivity index (χ4v) is 3.71. The number of carbonyl (C=O) groups excluding carboxylic acids is 1. The standard InChI is InChI=1S/C24H21F3N2O2/c1-28-15-19-13-18(17-5-8-20(9-6-17)24(25,26)27)7-12-22(19)29(23(28)30)14-16-3-10-21(31-2)11-4-16/h3-13H,14-15H2,1-2H3. The van der Waals surface area contributed by atoms with Gasteiger partial charge in [0.1, 0.15) is 5.75 Å². The summed E-state index contributed by atoms with van der Waals surface area (Å²) >= 11 is 0. The number of carbonyl (C=O) groups is 1. The molecule has 0 aliphatic carbocycles. The smallest absolute Gasteiger partial charge is 0.416 e. The molecule has 3 aromatic carbocycles.